The maximum atomic E-state index is 11.8. The minimum atomic E-state index is -0.420. The zero-order valence-corrected chi connectivity index (χ0v) is 11.5. The zero-order valence-electron chi connectivity index (χ0n) is 11.5. The topological polar surface area (TPSA) is 79.4 Å². The van der Waals surface area contributed by atoms with Crippen molar-refractivity contribution < 1.29 is 9.53 Å². The number of hydrogen-bond acceptors (Lipinski definition) is 3. The summed E-state index contributed by atoms with van der Waals surface area (Å²) in [4.78, 5) is 13.6. The molecule has 2 rings (SSSR count). The number of carbonyl (C=O) groups excluding carboxylic acids is 1. The molecule has 102 valence electrons. The second kappa shape index (κ2) is 4.14. The third-order valence-corrected chi connectivity index (χ3v) is 3.66. The summed E-state index contributed by atoms with van der Waals surface area (Å²) in [6.07, 6.45) is 2.68. The highest BCUT2D eigenvalue weighted by Gasteiger charge is 2.54. The smallest absolute Gasteiger partial charge is 0.410 e. The number of ether oxygens (including phenoxy) is 1. The van der Waals surface area contributed by atoms with Crippen LogP contribution in [0.4, 0.5) is 4.79 Å². The number of carbonyl (C=O) groups is 1. The van der Waals surface area contributed by atoms with Gasteiger partial charge in [0, 0.05) is 24.9 Å². The van der Waals surface area contributed by atoms with Crippen molar-refractivity contribution in [2.45, 2.75) is 45.6 Å². The van der Waals surface area contributed by atoms with Gasteiger partial charge in [0.15, 0.2) is 0 Å². The van der Waals surface area contributed by atoms with Crippen LogP contribution in [-0.4, -0.2) is 35.5 Å². The number of nitrogens with one attached hydrogen (secondary N) is 1. The van der Waals surface area contributed by atoms with E-state index in [2.05, 4.69) is 0 Å². The highest BCUT2D eigenvalue weighted by molar-refractivity contribution is 5.77. The Kier molecular flexibility index (Phi) is 3.03. The molecule has 1 aliphatic heterocycles. The Morgan fingerprint density at radius 2 is 2.00 bits per heavy atom. The third-order valence-electron chi connectivity index (χ3n) is 3.66. The van der Waals surface area contributed by atoms with Crippen molar-refractivity contribution in [3.8, 4) is 0 Å². The van der Waals surface area contributed by atoms with Crippen LogP contribution in [0.1, 0.15) is 40.0 Å². The molecule has 5 nitrogen and oxygen atoms in total. The van der Waals surface area contributed by atoms with Crippen molar-refractivity contribution in [2.24, 2.45) is 17.1 Å². The summed E-state index contributed by atoms with van der Waals surface area (Å²) in [6, 6.07) is 0. The molecule has 0 radical (unpaired) electrons. The van der Waals surface area contributed by atoms with Crippen molar-refractivity contribution in [1.29, 1.82) is 5.41 Å². The van der Waals surface area contributed by atoms with Gasteiger partial charge in [-0.15, -0.1) is 0 Å². The van der Waals surface area contributed by atoms with Gasteiger partial charge < -0.3 is 15.4 Å². The second-order valence-corrected chi connectivity index (χ2v) is 6.84. The summed E-state index contributed by atoms with van der Waals surface area (Å²) < 4.78 is 5.33. The second-order valence-electron chi connectivity index (χ2n) is 6.84. The fraction of sp³-hybridized carbons (Fsp3) is 0.846. The van der Waals surface area contributed by atoms with Gasteiger partial charge in [-0.05, 0) is 39.5 Å². The largest absolute Gasteiger partial charge is 0.444 e. The van der Waals surface area contributed by atoms with Gasteiger partial charge in [0.25, 0.3) is 0 Å². The number of likely N-dealkylation sites (tertiary alicyclic amines) is 1. The Morgan fingerprint density at radius 3 is 2.44 bits per heavy atom. The standard InChI is InChI=1S/C13H23N3O2/c1-12(2,3)18-11(17)16-7-13(8-16)5-9(6-13)4-10(14)15/h9H,4-8H2,1-3H3,(H3,14,15). The van der Waals surface area contributed by atoms with Gasteiger partial charge in [-0.2, -0.15) is 0 Å². The van der Waals surface area contributed by atoms with Gasteiger partial charge in [-0.3, -0.25) is 5.41 Å². The van der Waals surface area contributed by atoms with Crippen LogP contribution in [0.15, 0.2) is 0 Å². The number of amides is 1. The normalized spacial score (nSPS) is 22.3. The van der Waals surface area contributed by atoms with Crippen LogP contribution in [0.3, 0.4) is 0 Å². The van der Waals surface area contributed by atoms with Crippen LogP contribution < -0.4 is 5.73 Å². The predicted octanol–water partition coefficient (Wildman–Crippen LogP) is 1.96. The fourth-order valence-corrected chi connectivity index (χ4v) is 3.10. The molecular weight excluding hydrogens is 230 g/mol. The quantitative estimate of drug-likeness (QED) is 0.583. The Bertz CT molecular complexity index is 359. The average molecular weight is 253 g/mol. The van der Waals surface area contributed by atoms with Crippen molar-refractivity contribution >= 4 is 11.9 Å². The van der Waals surface area contributed by atoms with E-state index < -0.39 is 5.60 Å². The van der Waals surface area contributed by atoms with Crippen molar-refractivity contribution in [1.82, 2.24) is 4.90 Å². The summed E-state index contributed by atoms with van der Waals surface area (Å²) >= 11 is 0. The van der Waals surface area contributed by atoms with Gasteiger partial charge in [-0.1, -0.05) is 0 Å². The molecule has 0 bridgehead atoms. The summed E-state index contributed by atoms with van der Waals surface area (Å²) in [5.74, 6) is 0.821. The van der Waals surface area contributed by atoms with Gasteiger partial charge in [-0.25, -0.2) is 4.79 Å². The number of nitrogens with two attached hydrogens (primary N) is 1. The molecular formula is C13H23N3O2. The molecule has 2 aliphatic rings. The number of amidine groups is 1. The molecule has 1 spiro atoms. The van der Waals surface area contributed by atoms with Gasteiger partial charge in [0.2, 0.25) is 0 Å². The molecule has 0 atom stereocenters. The van der Waals surface area contributed by atoms with E-state index in [4.69, 9.17) is 15.9 Å². The molecule has 3 N–H and O–H groups in total. The van der Waals surface area contributed by atoms with E-state index >= 15 is 0 Å². The predicted molar refractivity (Wildman–Crippen MR) is 69.5 cm³/mol. The Balaban J connectivity index is 1.72. The minimum Gasteiger partial charge on any atom is -0.444 e. The monoisotopic (exact) mass is 253 g/mol. The fourth-order valence-electron chi connectivity index (χ4n) is 3.10. The lowest BCUT2D eigenvalue weighted by Crippen LogP contribution is -2.64. The number of nitrogens with zero attached hydrogens (tertiary/aromatic N) is 1. The van der Waals surface area contributed by atoms with E-state index in [0.29, 0.717) is 17.8 Å². The molecule has 2 fully saturated rings. The van der Waals surface area contributed by atoms with E-state index in [1.807, 2.05) is 20.8 Å². The van der Waals surface area contributed by atoms with E-state index in [1.165, 1.54) is 0 Å². The van der Waals surface area contributed by atoms with Crippen LogP contribution in [0, 0.1) is 16.7 Å². The summed E-state index contributed by atoms with van der Waals surface area (Å²) in [6.45, 7) is 7.25. The first-order chi connectivity index (χ1) is 8.19. The third kappa shape index (κ3) is 2.76. The minimum absolute atomic E-state index is 0.205. The molecule has 18 heavy (non-hydrogen) atoms. The first kappa shape index (κ1) is 13.2. The highest BCUT2D eigenvalue weighted by atomic mass is 16.6. The van der Waals surface area contributed by atoms with Crippen LogP contribution in [0.2, 0.25) is 0 Å². The number of rotatable bonds is 2. The lowest BCUT2D eigenvalue weighted by Gasteiger charge is -2.58. The molecule has 1 saturated carbocycles. The Labute approximate surface area is 108 Å². The van der Waals surface area contributed by atoms with Crippen LogP contribution in [-0.2, 0) is 4.74 Å². The summed E-state index contributed by atoms with van der Waals surface area (Å²) in [5.41, 5.74) is 5.28. The van der Waals surface area contributed by atoms with Crippen molar-refractivity contribution in [2.75, 3.05) is 13.1 Å². The molecule has 1 aliphatic carbocycles. The lowest BCUT2D eigenvalue weighted by atomic mass is 9.57. The Morgan fingerprint density at radius 1 is 1.44 bits per heavy atom. The molecule has 1 heterocycles. The SMILES string of the molecule is CC(C)(C)OC(=O)N1CC2(CC(CC(=N)N)C2)C1. The number of hydrogen-bond donors (Lipinski definition) is 2. The molecule has 1 saturated heterocycles. The van der Waals surface area contributed by atoms with E-state index in [-0.39, 0.29) is 11.9 Å². The molecule has 5 heteroatoms. The lowest BCUT2D eigenvalue weighted by molar-refractivity contribution is -0.0934. The maximum Gasteiger partial charge on any atom is 0.410 e. The van der Waals surface area contributed by atoms with Crippen molar-refractivity contribution in [3.63, 3.8) is 0 Å². The first-order valence-electron chi connectivity index (χ1n) is 6.50. The van der Waals surface area contributed by atoms with Gasteiger partial charge >= 0.3 is 6.09 Å². The maximum absolute atomic E-state index is 11.8. The average Bonchev–Trinajstić information content (AvgIpc) is 2.02. The van der Waals surface area contributed by atoms with E-state index in [1.54, 1.807) is 4.90 Å². The summed E-state index contributed by atoms with van der Waals surface area (Å²) in [5, 5.41) is 7.27. The van der Waals surface area contributed by atoms with Gasteiger partial charge in [0.05, 0.1) is 5.84 Å². The highest BCUT2D eigenvalue weighted by Crippen LogP contribution is 2.53. The zero-order chi connectivity index (χ0) is 13.6. The van der Waals surface area contributed by atoms with Gasteiger partial charge in [0.1, 0.15) is 5.60 Å². The summed E-state index contributed by atoms with van der Waals surface area (Å²) in [7, 11) is 0. The van der Waals surface area contributed by atoms with Crippen LogP contribution >= 0.6 is 0 Å². The van der Waals surface area contributed by atoms with Crippen LogP contribution in [0.25, 0.3) is 0 Å². The molecule has 0 aromatic carbocycles. The molecule has 0 aromatic rings. The van der Waals surface area contributed by atoms with E-state index in [9.17, 15) is 4.79 Å². The van der Waals surface area contributed by atoms with E-state index in [0.717, 1.165) is 25.9 Å². The molecule has 1 amide bonds. The van der Waals surface area contributed by atoms with Crippen LogP contribution in [0.5, 0.6) is 0 Å². The molecule has 0 aromatic heterocycles. The first-order valence-corrected chi connectivity index (χ1v) is 6.50. The molecule has 0 unspecified atom stereocenters. The van der Waals surface area contributed by atoms with Crippen molar-refractivity contribution in [3.05, 3.63) is 0 Å². The Hall–Kier alpha value is -1.26.